The second kappa shape index (κ2) is 9.55. The number of esters is 1. The Balaban J connectivity index is 2.34. The van der Waals surface area contributed by atoms with E-state index in [0.29, 0.717) is 19.3 Å². The zero-order chi connectivity index (χ0) is 24.5. The van der Waals surface area contributed by atoms with Crippen LogP contribution in [0.5, 0.6) is 0 Å². The molecular formula is C23H40N2O6Si. The zero-order valence-electron chi connectivity index (χ0n) is 21.0. The molecule has 0 aromatic heterocycles. The molecule has 0 saturated carbocycles. The monoisotopic (exact) mass is 468 g/mol. The van der Waals surface area contributed by atoms with Crippen LogP contribution in [0.1, 0.15) is 60.8 Å². The average Bonchev–Trinajstić information content (AvgIpc) is 2.96. The Kier molecular flexibility index (Phi) is 7.87. The fraction of sp³-hybridized carbons (Fsp3) is 0.783. The molecule has 2 heterocycles. The first-order valence-corrected chi connectivity index (χ1v) is 14.2. The maximum atomic E-state index is 13.6. The molecule has 0 spiro atoms. The minimum Gasteiger partial charge on any atom is -0.467 e. The minimum atomic E-state index is -2.15. The van der Waals surface area contributed by atoms with Gasteiger partial charge in [-0.15, -0.1) is 0 Å². The molecule has 0 bridgehead atoms. The van der Waals surface area contributed by atoms with Gasteiger partial charge in [0.2, 0.25) is 5.91 Å². The summed E-state index contributed by atoms with van der Waals surface area (Å²) in [5.41, 5.74) is -0.683. The Hall–Kier alpha value is -1.87. The Bertz CT molecular complexity index is 753. The van der Waals surface area contributed by atoms with Crippen molar-refractivity contribution in [3.05, 3.63) is 12.2 Å². The van der Waals surface area contributed by atoms with Crippen LogP contribution < -0.4 is 5.32 Å². The van der Waals surface area contributed by atoms with Crippen molar-refractivity contribution >= 4 is 26.3 Å². The van der Waals surface area contributed by atoms with Crippen LogP contribution in [-0.4, -0.2) is 68.1 Å². The molecule has 0 radical (unpaired) electrons. The third-order valence-electron chi connectivity index (χ3n) is 6.46. The van der Waals surface area contributed by atoms with Crippen molar-refractivity contribution in [1.29, 1.82) is 0 Å². The zero-order valence-corrected chi connectivity index (χ0v) is 22.0. The fourth-order valence-corrected chi connectivity index (χ4v) is 5.19. The minimum absolute atomic E-state index is 0.0105. The van der Waals surface area contributed by atoms with Crippen molar-refractivity contribution < 1.29 is 28.3 Å². The van der Waals surface area contributed by atoms with Crippen LogP contribution in [0.25, 0.3) is 0 Å². The number of nitrogens with zero attached hydrogens (tertiary/aromatic N) is 1. The largest absolute Gasteiger partial charge is 0.467 e. The highest BCUT2D eigenvalue weighted by Crippen LogP contribution is 2.41. The molecule has 0 aliphatic carbocycles. The molecule has 4 atom stereocenters. The molecule has 32 heavy (non-hydrogen) atoms. The van der Waals surface area contributed by atoms with E-state index in [9.17, 15) is 14.4 Å². The second-order valence-electron chi connectivity index (χ2n) is 11.1. The second-order valence-corrected chi connectivity index (χ2v) is 15.9. The number of amides is 2. The molecule has 1 saturated heterocycles. The van der Waals surface area contributed by atoms with Crippen LogP contribution in [0.3, 0.4) is 0 Å². The van der Waals surface area contributed by atoms with Gasteiger partial charge in [0.25, 0.3) is 0 Å². The third kappa shape index (κ3) is 6.13. The van der Waals surface area contributed by atoms with E-state index in [0.717, 1.165) is 0 Å². The molecule has 8 nitrogen and oxygen atoms in total. The van der Waals surface area contributed by atoms with E-state index in [2.05, 4.69) is 39.2 Å². The van der Waals surface area contributed by atoms with Gasteiger partial charge in [-0.1, -0.05) is 32.9 Å². The van der Waals surface area contributed by atoms with Crippen molar-refractivity contribution in [2.75, 3.05) is 7.11 Å². The number of alkyl carbamates (subject to hydrolysis) is 1. The van der Waals surface area contributed by atoms with E-state index in [1.54, 1.807) is 25.7 Å². The van der Waals surface area contributed by atoms with Crippen molar-refractivity contribution in [2.45, 2.75) is 109 Å². The van der Waals surface area contributed by atoms with Crippen LogP contribution in [0, 0.1) is 0 Å². The summed E-state index contributed by atoms with van der Waals surface area (Å²) in [4.78, 5) is 40.2. The molecular weight excluding hydrogens is 428 g/mol. The topological polar surface area (TPSA) is 94.2 Å². The Morgan fingerprint density at radius 2 is 1.69 bits per heavy atom. The van der Waals surface area contributed by atoms with Crippen LogP contribution in [0.15, 0.2) is 12.2 Å². The molecule has 2 amide bonds. The van der Waals surface area contributed by atoms with Gasteiger partial charge < -0.3 is 24.1 Å². The highest BCUT2D eigenvalue weighted by atomic mass is 28.4. The van der Waals surface area contributed by atoms with Crippen LogP contribution in [-0.2, 0) is 23.5 Å². The quantitative estimate of drug-likeness (QED) is 0.383. The molecule has 9 heteroatoms. The molecule has 0 aromatic carbocycles. The molecule has 2 aliphatic heterocycles. The molecule has 0 aromatic rings. The summed E-state index contributed by atoms with van der Waals surface area (Å²) in [7, 11) is -0.822. The number of rotatable bonds is 4. The predicted octanol–water partition coefficient (Wildman–Crippen LogP) is 3.76. The molecule has 1 fully saturated rings. The fourth-order valence-electron chi connectivity index (χ4n) is 3.83. The van der Waals surface area contributed by atoms with Crippen molar-refractivity contribution in [3.63, 3.8) is 0 Å². The van der Waals surface area contributed by atoms with Gasteiger partial charge in [0.15, 0.2) is 8.32 Å². The van der Waals surface area contributed by atoms with Crippen LogP contribution >= 0.6 is 0 Å². The number of fused-ring (bicyclic) bond motifs is 1. The van der Waals surface area contributed by atoms with Crippen molar-refractivity contribution in [2.24, 2.45) is 0 Å². The lowest BCUT2D eigenvalue weighted by atomic mass is 10.0. The first-order valence-electron chi connectivity index (χ1n) is 11.3. The summed E-state index contributed by atoms with van der Waals surface area (Å²) >= 11 is 0. The van der Waals surface area contributed by atoms with Gasteiger partial charge in [-0.2, -0.15) is 0 Å². The van der Waals surface area contributed by atoms with Crippen molar-refractivity contribution in [1.82, 2.24) is 10.2 Å². The Labute approximate surface area is 193 Å². The summed E-state index contributed by atoms with van der Waals surface area (Å²) in [6, 6.07) is -1.88. The van der Waals surface area contributed by atoms with Gasteiger partial charge in [0, 0.05) is 6.42 Å². The number of ether oxygens (including phenoxy) is 2. The summed E-state index contributed by atoms with van der Waals surface area (Å²) < 4.78 is 17.0. The lowest BCUT2D eigenvalue weighted by Gasteiger charge is -2.41. The van der Waals surface area contributed by atoms with Gasteiger partial charge in [0.1, 0.15) is 17.7 Å². The van der Waals surface area contributed by atoms with E-state index in [1.165, 1.54) is 7.11 Å². The maximum absolute atomic E-state index is 13.6. The number of nitrogens with one attached hydrogen (secondary N) is 1. The van der Waals surface area contributed by atoms with Gasteiger partial charge in [-0.3, -0.25) is 4.79 Å². The van der Waals surface area contributed by atoms with E-state index in [1.807, 2.05) is 12.2 Å². The van der Waals surface area contributed by atoms with E-state index < -0.39 is 38.1 Å². The summed E-state index contributed by atoms with van der Waals surface area (Å²) in [6.07, 6.45) is 4.23. The first kappa shape index (κ1) is 26.4. The number of hydrogen-bond acceptors (Lipinski definition) is 6. The molecule has 0 unspecified atom stereocenters. The predicted molar refractivity (Wildman–Crippen MR) is 125 cm³/mol. The highest BCUT2D eigenvalue weighted by molar-refractivity contribution is 6.74. The Morgan fingerprint density at radius 3 is 2.22 bits per heavy atom. The van der Waals surface area contributed by atoms with Gasteiger partial charge in [-0.05, 0) is 51.7 Å². The number of carbonyl (C=O) groups is 3. The smallest absolute Gasteiger partial charge is 0.408 e. The van der Waals surface area contributed by atoms with E-state index >= 15 is 0 Å². The van der Waals surface area contributed by atoms with Gasteiger partial charge in [0.05, 0.1) is 19.3 Å². The lowest BCUT2D eigenvalue weighted by molar-refractivity contribution is -0.153. The van der Waals surface area contributed by atoms with E-state index in [4.69, 9.17) is 13.9 Å². The third-order valence-corrected chi connectivity index (χ3v) is 11.0. The van der Waals surface area contributed by atoms with Gasteiger partial charge >= 0.3 is 12.1 Å². The average molecular weight is 469 g/mol. The van der Waals surface area contributed by atoms with Crippen LogP contribution in [0.4, 0.5) is 4.79 Å². The molecule has 182 valence electrons. The van der Waals surface area contributed by atoms with E-state index in [-0.39, 0.29) is 23.1 Å². The maximum Gasteiger partial charge on any atom is 0.408 e. The summed E-state index contributed by atoms with van der Waals surface area (Å²) in [6.45, 7) is 16.1. The number of hydrogen-bond donors (Lipinski definition) is 1. The van der Waals surface area contributed by atoms with Gasteiger partial charge in [-0.25, -0.2) is 9.59 Å². The molecule has 2 aliphatic rings. The highest BCUT2D eigenvalue weighted by Gasteiger charge is 2.52. The Morgan fingerprint density at radius 1 is 1.09 bits per heavy atom. The first-order chi connectivity index (χ1) is 14.6. The molecule has 2 rings (SSSR count). The number of carbonyl (C=O) groups excluding carboxylic acids is 3. The number of methoxy groups -OCH3 is 1. The lowest BCUT2D eigenvalue weighted by Crippen LogP contribution is -2.56. The summed E-state index contributed by atoms with van der Waals surface area (Å²) in [5.74, 6) is -0.785. The van der Waals surface area contributed by atoms with Crippen LogP contribution in [0.2, 0.25) is 18.1 Å². The summed E-state index contributed by atoms with van der Waals surface area (Å²) in [5, 5.41) is 2.67. The SMILES string of the molecule is COC(=O)[C@@H]1C[C@@H](O[Si](C)(C)C(C)(C)C)[C@H]2C/C=C\C[C@H](NC(=O)OC(C)(C)C)C(=O)N21. The normalized spacial score (nSPS) is 27.8. The standard InChI is InChI=1S/C23H40N2O6Si/c1-22(2,3)30-21(28)24-15-12-10-11-13-16-18(31-32(8,9)23(4,5)6)14-17(20(27)29-7)25(16)19(15)26/h10-11,15-18H,12-14H2,1-9H3,(H,24,28)/b11-10-/t15-,16+,17-,18+/m0/s1. The molecule has 1 N–H and O–H groups in total. The van der Waals surface area contributed by atoms with Crippen molar-refractivity contribution in [3.8, 4) is 0 Å².